The number of rotatable bonds is 4. The van der Waals surface area contributed by atoms with Crippen LogP contribution in [0, 0.1) is 0 Å². The highest BCUT2D eigenvalue weighted by molar-refractivity contribution is 7.11. The summed E-state index contributed by atoms with van der Waals surface area (Å²) >= 11 is 1.65. The van der Waals surface area contributed by atoms with Gasteiger partial charge in [-0.3, -0.25) is 4.79 Å². The molecule has 0 atom stereocenters. The lowest BCUT2D eigenvalue weighted by molar-refractivity contribution is 0.0948. The summed E-state index contributed by atoms with van der Waals surface area (Å²) in [6.07, 6.45) is 0.978. The molecule has 0 saturated carbocycles. The predicted molar refractivity (Wildman–Crippen MR) is 74.6 cm³/mol. The van der Waals surface area contributed by atoms with Gasteiger partial charge in [-0.25, -0.2) is 0 Å². The second-order valence-corrected chi connectivity index (χ2v) is 5.33. The Morgan fingerprint density at radius 1 is 1.21 bits per heavy atom. The lowest BCUT2D eigenvalue weighted by atomic mass is 10.1. The highest BCUT2D eigenvalue weighted by Crippen LogP contribution is 2.28. The number of nitrogens with one attached hydrogen (secondary N) is 1. The van der Waals surface area contributed by atoms with Gasteiger partial charge in [-0.1, -0.05) is 13.0 Å². The van der Waals surface area contributed by atoms with E-state index in [0.717, 1.165) is 11.3 Å². The Kier molecular flexibility index (Phi) is 4.06. The van der Waals surface area contributed by atoms with Crippen molar-refractivity contribution in [2.45, 2.75) is 19.9 Å². The van der Waals surface area contributed by atoms with E-state index in [1.54, 1.807) is 11.3 Å². The van der Waals surface area contributed by atoms with Gasteiger partial charge in [-0.2, -0.15) is 0 Å². The SMILES string of the molecule is CCc1ccc(CNC(=O)c2cccc(O)c2O)s1. The molecule has 0 bridgehead atoms. The van der Waals surface area contributed by atoms with Gasteiger partial charge in [0, 0.05) is 9.75 Å². The number of hydrogen-bond acceptors (Lipinski definition) is 4. The molecule has 4 nitrogen and oxygen atoms in total. The van der Waals surface area contributed by atoms with Gasteiger partial charge < -0.3 is 15.5 Å². The Hall–Kier alpha value is -2.01. The number of phenols is 2. The zero-order valence-electron chi connectivity index (χ0n) is 10.5. The fourth-order valence-corrected chi connectivity index (χ4v) is 2.58. The molecule has 2 aromatic rings. The molecule has 5 heteroatoms. The van der Waals surface area contributed by atoms with Gasteiger partial charge in [0.1, 0.15) is 0 Å². The molecule has 1 aromatic carbocycles. The summed E-state index contributed by atoms with van der Waals surface area (Å²) in [5.41, 5.74) is 0.0762. The van der Waals surface area contributed by atoms with E-state index < -0.39 is 5.91 Å². The Morgan fingerprint density at radius 3 is 2.63 bits per heavy atom. The Labute approximate surface area is 115 Å². The molecule has 0 unspecified atom stereocenters. The van der Waals surface area contributed by atoms with Gasteiger partial charge >= 0.3 is 0 Å². The number of aryl methyl sites for hydroxylation is 1. The van der Waals surface area contributed by atoms with Crippen LogP contribution in [-0.4, -0.2) is 16.1 Å². The van der Waals surface area contributed by atoms with E-state index in [9.17, 15) is 15.0 Å². The zero-order valence-corrected chi connectivity index (χ0v) is 11.3. The molecule has 1 amide bonds. The van der Waals surface area contributed by atoms with Crippen LogP contribution in [0.2, 0.25) is 0 Å². The van der Waals surface area contributed by atoms with E-state index in [1.807, 2.05) is 12.1 Å². The minimum Gasteiger partial charge on any atom is -0.504 e. The van der Waals surface area contributed by atoms with Gasteiger partial charge in [-0.05, 0) is 30.7 Å². The van der Waals surface area contributed by atoms with Crippen LogP contribution in [-0.2, 0) is 13.0 Å². The maximum atomic E-state index is 11.9. The standard InChI is InChI=1S/C14H15NO3S/c1-2-9-6-7-10(19-9)8-15-14(18)11-4-3-5-12(16)13(11)17/h3-7,16-17H,2,8H2,1H3,(H,15,18). The molecule has 1 aromatic heterocycles. The van der Waals surface area contributed by atoms with Gasteiger partial charge in [0.05, 0.1) is 12.1 Å². The summed E-state index contributed by atoms with van der Waals surface area (Å²) in [6.45, 7) is 2.50. The lowest BCUT2D eigenvalue weighted by Gasteiger charge is -2.06. The number of phenolic OH excluding ortho intramolecular Hbond substituents is 2. The van der Waals surface area contributed by atoms with E-state index in [2.05, 4.69) is 12.2 Å². The third kappa shape index (κ3) is 3.06. The van der Waals surface area contributed by atoms with Gasteiger partial charge in [-0.15, -0.1) is 11.3 Å². The van der Waals surface area contributed by atoms with Crippen LogP contribution in [0.15, 0.2) is 30.3 Å². The number of amides is 1. The normalized spacial score (nSPS) is 10.4. The largest absolute Gasteiger partial charge is 0.504 e. The minimum absolute atomic E-state index is 0.0762. The number of benzene rings is 1. The van der Waals surface area contributed by atoms with E-state index in [0.29, 0.717) is 6.54 Å². The van der Waals surface area contributed by atoms with Gasteiger partial charge in [0.2, 0.25) is 0 Å². The minimum atomic E-state index is -0.403. The van der Waals surface area contributed by atoms with Gasteiger partial charge in [0.25, 0.3) is 5.91 Å². The van der Waals surface area contributed by atoms with Crippen LogP contribution >= 0.6 is 11.3 Å². The van der Waals surface area contributed by atoms with Crippen LogP contribution < -0.4 is 5.32 Å². The maximum Gasteiger partial charge on any atom is 0.255 e. The summed E-state index contributed by atoms with van der Waals surface area (Å²) in [4.78, 5) is 14.2. The quantitative estimate of drug-likeness (QED) is 0.752. The number of carbonyl (C=O) groups is 1. The van der Waals surface area contributed by atoms with Crippen LogP contribution in [0.1, 0.15) is 27.0 Å². The average Bonchev–Trinajstić information content (AvgIpc) is 2.87. The van der Waals surface area contributed by atoms with Crippen molar-refractivity contribution < 1.29 is 15.0 Å². The molecule has 1 heterocycles. The van der Waals surface area contributed by atoms with Crippen molar-refractivity contribution in [3.8, 4) is 11.5 Å². The van der Waals surface area contributed by atoms with E-state index in [1.165, 1.54) is 23.1 Å². The molecule has 0 aliphatic rings. The predicted octanol–water partition coefficient (Wildman–Crippen LogP) is 2.65. The molecule has 0 aliphatic heterocycles. The summed E-state index contributed by atoms with van der Waals surface area (Å²) in [5, 5.41) is 21.7. The highest BCUT2D eigenvalue weighted by Gasteiger charge is 2.13. The van der Waals surface area contributed by atoms with E-state index in [-0.39, 0.29) is 17.1 Å². The van der Waals surface area contributed by atoms with Gasteiger partial charge in [0.15, 0.2) is 11.5 Å². The first-order chi connectivity index (χ1) is 9.11. The Balaban J connectivity index is 2.03. The van der Waals surface area contributed by atoms with Crippen molar-refractivity contribution in [2.24, 2.45) is 0 Å². The van der Waals surface area contributed by atoms with Crippen molar-refractivity contribution >= 4 is 17.2 Å². The fraction of sp³-hybridized carbons (Fsp3) is 0.214. The van der Waals surface area contributed by atoms with E-state index >= 15 is 0 Å². The summed E-state index contributed by atoms with van der Waals surface area (Å²) in [6, 6.07) is 8.34. The first-order valence-electron chi connectivity index (χ1n) is 5.98. The van der Waals surface area contributed by atoms with Crippen molar-refractivity contribution in [3.05, 3.63) is 45.6 Å². The van der Waals surface area contributed by atoms with Crippen LogP contribution in [0.4, 0.5) is 0 Å². The van der Waals surface area contributed by atoms with Crippen LogP contribution in [0.25, 0.3) is 0 Å². The molecule has 0 saturated heterocycles. The number of carbonyl (C=O) groups excluding carboxylic acids is 1. The molecular formula is C14H15NO3S. The smallest absolute Gasteiger partial charge is 0.255 e. The second-order valence-electron chi connectivity index (χ2n) is 4.08. The zero-order chi connectivity index (χ0) is 13.8. The molecule has 100 valence electrons. The molecule has 3 N–H and O–H groups in total. The molecule has 0 radical (unpaired) electrons. The fourth-order valence-electron chi connectivity index (χ4n) is 1.68. The molecule has 2 rings (SSSR count). The number of para-hydroxylation sites is 1. The monoisotopic (exact) mass is 277 g/mol. The molecular weight excluding hydrogens is 262 g/mol. The van der Waals surface area contributed by atoms with Crippen LogP contribution in [0.5, 0.6) is 11.5 Å². The third-order valence-corrected chi connectivity index (χ3v) is 3.98. The average molecular weight is 277 g/mol. The molecule has 0 aliphatic carbocycles. The van der Waals surface area contributed by atoms with Crippen molar-refractivity contribution in [3.63, 3.8) is 0 Å². The summed E-state index contributed by atoms with van der Waals surface area (Å²) in [5.74, 6) is -1.09. The van der Waals surface area contributed by atoms with Crippen molar-refractivity contribution in [2.75, 3.05) is 0 Å². The topological polar surface area (TPSA) is 69.6 Å². The summed E-state index contributed by atoms with van der Waals surface area (Å²) in [7, 11) is 0. The highest BCUT2D eigenvalue weighted by atomic mass is 32.1. The maximum absolute atomic E-state index is 11.9. The van der Waals surface area contributed by atoms with Crippen molar-refractivity contribution in [1.29, 1.82) is 0 Å². The first-order valence-corrected chi connectivity index (χ1v) is 6.80. The molecule has 0 fully saturated rings. The lowest BCUT2D eigenvalue weighted by Crippen LogP contribution is -2.22. The van der Waals surface area contributed by atoms with Crippen molar-refractivity contribution in [1.82, 2.24) is 5.32 Å². The van der Waals surface area contributed by atoms with E-state index in [4.69, 9.17) is 0 Å². The van der Waals surface area contributed by atoms with Crippen LogP contribution in [0.3, 0.4) is 0 Å². The number of hydrogen-bond donors (Lipinski definition) is 3. The summed E-state index contributed by atoms with van der Waals surface area (Å²) < 4.78 is 0. The second kappa shape index (κ2) is 5.75. The molecule has 19 heavy (non-hydrogen) atoms. The number of thiophene rings is 1. The third-order valence-electron chi connectivity index (χ3n) is 2.75. The molecule has 0 spiro atoms. The first kappa shape index (κ1) is 13.4. The number of aromatic hydroxyl groups is 2. The Bertz CT molecular complexity index is 592. The Morgan fingerprint density at radius 2 is 1.95 bits per heavy atom.